The van der Waals surface area contributed by atoms with Gasteiger partial charge in [0, 0.05) is 6.04 Å². The third kappa shape index (κ3) is 3.90. The Morgan fingerprint density at radius 3 is 2.47 bits per heavy atom. The lowest BCUT2D eigenvalue weighted by molar-refractivity contribution is 0.551. The summed E-state index contributed by atoms with van der Waals surface area (Å²) in [5.41, 5.74) is 3.53. The maximum absolute atomic E-state index is 13.3. The molecule has 0 aromatic heterocycles. The van der Waals surface area contributed by atoms with Crippen LogP contribution in [0.4, 0.5) is 4.39 Å². The van der Waals surface area contributed by atoms with Crippen LogP contribution in [-0.2, 0) is 12.8 Å². The third-order valence-electron chi connectivity index (χ3n) is 3.51. The lowest BCUT2D eigenvalue weighted by Crippen LogP contribution is -2.30. The van der Waals surface area contributed by atoms with Crippen molar-refractivity contribution in [2.75, 3.05) is 7.05 Å². The van der Waals surface area contributed by atoms with Crippen molar-refractivity contribution in [3.8, 4) is 0 Å². The molecule has 0 bridgehead atoms. The second-order valence-corrected chi connectivity index (χ2v) is 4.95. The van der Waals surface area contributed by atoms with Gasteiger partial charge in [-0.2, -0.15) is 0 Å². The third-order valence-corrected chi connectivity index (χ3v) is 3.51. The Bertz CT molecular complexity index is 522. The molecule has 19 heavy (non-hydrogen) atoms. The average Bonchev–Trinajstić information content (AvgIpc) is 2.43. The Morgan fingerprint density at radius 1 is 1.05 bits per heavy atom. The van der Waals surface area contributed by atoms with Crippen molar-refractivity contribution in [3.05, 3.63) is 71.0 Å². The highest BCUT2D eigenvalue weighted by Gasteiger charge is 2.10. The number of benzene rings is 2. The highest BCUT2D eigenvalue weighted by molar-refractivity contribution is 5.28. The highest BCUT2D eigenvalue weighted by atomic mass is 19.1. The molecule has 0 amide bonds. The van der Waals surface area contributed by atoms with Crippen LogP contribution in [0.25, 0.3) is 0 Å². The lowest BCUT2D eigenvalue weighted by Gasteiger charge is -2.17. The Balaban J connectivity index is 2.09. The van der Waals surface area contributed by atoms with Gasteiger partial charge in [0.25, 0.3) is 0 Å². The number of nitrogens with one attached hydrogen (secondary N) is 1. The highest BCUT2D eigenvalue weighted by Crippen LogP contribution is 2.14. The number of aryl methyl sites for hydroxylation is 1. The Morgan fingerprint density at radius 2 is 1.79 bits per heavy atom. The lowest BCUT2D eigenvalue weighted by atomic mass is 9.96. The Hall–Kier alpha value is -1.67. The normalized spacial score (nSPS) is 12.4. The van der Waals surface area contributed by atoms with Gasteiger partial charge in [-0.1, -0.05) is 36.4 Å². The van der Waals surface area contributed by atoms with Crippen LogP contribution in [0.5, 0.6) is 0 Å². The summed E-state index contributed by atoms with van der Waals surface area (Å²) in [6, 6.07) is 15.7. The Kier molecular flexibility index (Phi) is 4.69. The van der Waals surface area contributed by atoms with Crippen molar-refractivity contribution in [2.24, 2.45) is 0 Å². The molecule has 100 valence electrons. The minimum atomic E-state index is -0.157. The molecule has 0 spiro atoms. The van der Waals surface area contributed by atoms with Gasteiger partial charge in [-0.3, -0.25) is 0 Å². The monoisotopic (exact) mass is 257 g/mol. The van der Waals surface area contributed by atoms with Crippen molar-refractivity contribution in [1.82, 2.24) is 5.32 Å². The zero-order valence-electron chi connectivity index (χ0n) is 11.5. The van der Waals surface area contributed by atoms with Gasteiger partial charge in [-0.25, -0.2) is 4.39 Å². The predicted octanol–water partition coefficient (Wildman–Crippen LogP) is 3.51. The zero-order valence-corrected chi connectivity index (χ0v) is 11.5. The molecule has 0 aliphatic rings. The molecule has 2 heteroatoms. The summed E-state index contributed by atoms with van der Waals surface area (Å²) in [4.78, 5) is 0. The summed E-state index contributed by atoms with van der Waals surface area (Å²) in [5.74, 6) is -0.157. The van der Waals surface area contributed by atoms with Crippen molar-refractivity contribution in [3.63, 3.8) is 0 Å². The number of likely N-dealkylation sites (N-methyl/N-ethyl adjacent to an activating group) is 1. The van der Waals surface area contributed by atoms with Crippen LogP contribution >= 0.6 is 0 Å². The largest absolute Gasteiger partial charge is 0.316 e. The van der Waals surface area contributed by atoms with Crippen LogP contribution in [0.3, 0.4) is 0 Å². The molecule has 1 N–H and O–H groups in total. The summed E-state index contributed by atoms with van der Waals surface area (Å²) in [5, 5.41) is 3.32. The van der Waals surface area contributed by atoms with Crippen molar-refractivity contribution < 1.29 is 4.39 Å². The smallest absolute Gasteiger partial charge is 0.123 e. The molecular weight excluding hydrogens is 237 g/mol. The van der Waals surface area contributed by atoms with Gasteiger partial charge in [-0.05, 0) is 55.6 Å². The van der Waals surface area contributed by atoms with Gasteiger partial charge in [0.2, 0.25) is 0 Å². The van der Waals surface area contributed by atoms with E-state index in [0.29, 0.717) is 6.04 Å². The number of hydrogen-bond acceptors (Lipinski definition) is 1. The van der Waals surface area contributed by atoms with Crippen molar-refractivity contribution in [2.45, 2.75) is 25.8 Å². The summed E-state index contributed by atoms with van der Waals surface area (Å²) < 4.78 is 13.3. The molecule has 1 nitrogen and oxygen atoms in total. The van der Waals surface area contributed by atoms with E-state index >= 15 is 0 Å². The quantitative estimate of drug-likeness (QED) is 0.864. The number of hydrogen-bond donors (Lipinski definition) is 1. The fourth-order valence-electron chi connectivity index (χ4n) is 2.30. The Labute approximate surface area is 114 Å². The summed E-state index contributed by atoms with van der Waals surface area (Å²) >= 11 is 0. The number of halogens is 1. The van der Waals surface area contributed by atoms with Crippen molar-refractivity contribution >= 4 is 0 Å². The van der Waals surface area contributed by atoms with Crippen LogP contribution in [0.2, 0.25) is 0 Å². The molecule has 0 radical (unpaired) electrons. The predicted molar refractivity (Wildman–Crippen MR) is 77.8 cm³/mol. The van der Waals surface area contributed by atoms with Crippen LogP contribution < -0.4 is 5.32 Å². The topological polar surface area (TPSA) is 12.0 Å². The zero-order chi connectivity index (χ0) is 13.7. The molecule has 2 aromatic carbocycles. The molecule has 0 aliphatic carbocycles. The fraction of sp³-hybridized carbons (Fsp3) is 0.294. The molecular formula is C17H20FN. The van der Waals surface area contributed by atoms with E-state index in [1.807, 2.05) is 26.1 Å². The van der Waals surface area contributed by atoms with E-state index in [-0.39, 0.29) is 5.82 Å². The molecule has 0 heterocycles. The molecule has 1 atom stereocenters. The maximum Gasteiger partial charge on any atom is 0.123 e. The van der Waals surface area contributed by atoms with Gasteiger partial charge in [0.05, 0.1) is 0 Å². The minimum absolute atomic E-state index is 0.157. The molecule has 0 saturated heterocycles. The first-order valence-electron chi connectivity index (χ1n) is 6.65. The van der Waals surface area contributed by atoms with E-state index in [0.717, 1.165) is 24.0 Å². The second kappa shape index (κ2) is 6.48. The van der Waals surface area contributed by atoms with Gasteiger partial charge in [0.15, 0.2) is 0 Å². The molecule has 0 fully saturated rings. The molecule has 2 rings (SSSR count). The minimum Gasteiger partial charge on any atom is -0.316 e. The van der Waals surface area contributed by atoms with Gasteiger partial charge >= 0.3 is 0 Å². The van der Waals surface area contributed by atoms with Crippen LogP contribution in [0, 0.1) is 12.7 Å². The fourth-order valence-corrected chi connectivity index (χ4v) is 2.30. The maximum atomic E-state index is 13.3. The van der Waals surface area contributed by atoms with E-state index in [9.17, 15) is 4.39 Å². The summed E-state index contributed by atoms with van der Waals surface area (Å²) in [6.07, 6.45) is 1.79. The number of rotatable bonds is 5. The standard InChI is InChI=1S/C17H20FN/c1-13-8-9-16(18)11-15(13)12-17(19-2)10-14-6-4-3-5-7-14/h3-9,11,17,19H,10,12H2,1-2H3. The van der Waals surface area contributed by atoms with E-state index < -0.39 is 0 Å². The van der Waals surface area contributed by atoms with Crippen LogP contribution in [0.1, 0.15) is 16.7 Å². The van der Waals surface area contributed by atoms with Gasteiger partial charge in [-0.15, -0.1) is 0 Å². The van der Waals surface area contributed by atoms with Gasteiger partial charge in [0.1, 0.15) is 5.82 Å². The van der Waals surface area contributed by atoms with E-state index in [1.54, 1.807) is 6.07 Å². The second-order valence-electron chi connectivity index (χ2n) is 4.95. The van der Waals surface area contributed by atoms with E-state index in [1.165, 1.54) is 11.6 Å². The van der Waals surface area contributed by atoms with Gasteiger partial charge < -0.3 is 5.32 Å². The first-order chi connectivity index (χ1) is 9.19. The summed E-state index contributed by atoms with van der Waals surface area (Å²) in [7, 11) is 1.96. The molecule has 1 unspecified atom stereocenters. The van der Waals surface area contributed by atoms with Crippen LogP contribution in [-0.4, -0.2) is 13.1 Å². The van der Waals surface area contributed by atoms with Crippen molar-refractivity contribution in [1.29, 1.82) is 0 Å². The summed E-state index contributed by atoms with van der Waals surface area (Å²) in [6.45, 7) is 2.03. The molecule has 0 saturated carbocycles. The molecule has 2 aromatic rings. The molecule has 0 aliphatic heterocycles. The van der Waals surface area contributed by atoms with E-state index in [4.69, 9.17) is 0 Å². The first-order valence-corrected chi connectivity index (χ1v) is 6.65. The average molecular weight is 257 g/mol. The SMILES string of the molecule is CNC(Cc1ccccc1)Cc1cc(F)ccc1C. The van der Waals surface area contributed by atoms with E-state index in [2.05, 4.69) is 29.6 Å². The first kappa shape index (κ1) is 13.8. The van der Waals surface area contributed by atoms with Crippen LogP contribution in [0.15, 0.2) is 48.5 Å².